The molecule has 50 heavy (non-hydrogen) atoms. The van der Waals surface area contributed by atoms with Crippen molar-refractivity contribution in [3.8, 4) is 17.1 Å². The van der Waals surface area contributed by atoms with Crippen molar-refractivity contribution in [3.05, 3.63) is 64.5 Å². The molecule has 0 atom stereocenters. The highest BCUT2D eigenvalue weighted by Gasteiger charge is 2.28. The molecular weight excluding hydrogens is 713 g/mol. The number of halogens is 1. The lowest BCUT2D eigenvalue weighted by atomic mass is 9.99. The zero-order valence-electron chi connectivity index (χ0n) is 30.0. The number of nitrogens with one attached hydrogen (secondary N) is 2. The highest BCUT2D eigenvalue weighted by molar-refractivity contribution is 9.10. The first kappa shape index (κ1) is 36.2. The van der Waals surface area contributed by atoms with Crippen LogP contribution < -0.4 is 25.6 Å². The molecule has 2 saturated heterocycles. The van der Waals surface area contributed by atoms with E-state index in [4.69, 9.17) is 9.72 Å². The molecule has 2 aliphatic rings. The molecule has 0 amide bonds. The monoisotopic (exact) mass is 761 g/mol. The van der Waals surface area contributed by atoms with Gasteiger partial charge in [-0.2, -0.15) is 4.98 Å². The van der Waals surface area contributed by atoms with E-state index in [0.29, 0.717) is 39.1 Å². The van der Waals surface area contributed by atoms with Crippen molar-refractivity contribution in [2.75, 3.05) is 82.3 Å². The van der Waals surface area contributed by atoms with Crippen LogP contribution in [0.5, 0.6) is 5.75 Å². The zero-order valence-corrected chi connectivity index (χ0v) is 32.5. The van der Waals surface area contributed by atoms with Crippen molar-refractivity contribution >= 4 is 57.2 Å². The fourth-order valence-corrected chi connectivity index (χ4v) is 8.24. The Kier molecular flexibility index (Phi) is 11.4. The number of hydrogen-bond acceptors (Lipinski definition) is 11. The average Bonchev–Trinajstić information content (AvgIpc) is 3.13. The van der Waals surface area contributed by atoms with Crippen LogP contribution in [0.1, 0.15) is 37.8 Å². The lowest BCUT2D eigenvalue weighted by molar-refractivity contribution is 0.0982. The molecule has 0 aliphatic carbocycles. The van der Waals surface area contributed by atoms with Gasteiger partial charge in [-0.15, -0.1) is 0 Å². The summed E-state index contributed by atoms with van der Waals surface area (Å²) in [5, 5.41) is 7.51. The molecular formula is C37H49BrN9O2P. The molecule has 13 heteroatoms. The van der Waals surface area contributed by atoms with Gasteiger partial charge in [-0.3, -0.25) is 4.90 Å². The summed E-state index contributed by atoms with van der Waals surface area (Å²) >= 11 is 3.61. The Morgan fingerprint density at radius 2 is 1.62 bits per heavy atom. The Morgan fingerprint density at radius 3 is 2.26 bits per heavy atom. The van der Waals surface area contributed by atoms with Gasteiger partial charge in [0.1, 0.15) is 18.7 Å². The molecule has 2 fully saturated rings. The fourth-order valence-electron chi connectivity index (χ4n) is 6.79. The highest BCUT2D eigenvalue weighted by Crippen LogP contribution is 2.41. The van der Waals surface area contributed by atoms with Crippen molar-refractivity contribution in [3.63, 3.8) is 0 Å². The molecule has 266 valence electrons. The number of aryl methyl sites for hydroxylation is 2. The van der Waals surface area contributed by atoms with Gasteiger partial charge in [0.2, 0.25) is 5.95 Å². The number of piperidine rings is 1. The first-order valence-electron chi connectivity index (χ1n) is 17.5. The quantitative estimate of drug-likeness (QED) is 0.158. The fraction of sp³-hybridized carbons (Fsp3) is 0.459. The summed E-state index contributed by atoms with van der Waals surface area (Å²) in [5.74, 6) is 2.29. The van der Waals surface area contributed by atoms with E-state index in [-0.39, 0.29) is 0 Å². The van der Waals surface area contributed by atoms with Gasteiger partial charge in [0.25, 0.3) is 0 Å². The van der Waals surface area contributed by atoms with Crippen LogP contribution in [0, 0.1) is 0 Å². The first-order valence-corrected chi connectivity index (χ1v) is 20.9. The van der Waals surface area contributed by atoms with Crippen LogP contribution in [0.15, 0.2) is 53.4 Å². The van der Waals surface area contributed by atoms with Crippen molar-refractivity contribution < 1.29 is 9.30 Å². The third-order valence-corrected chi connectivity index (χ3v) is 11.9. The Hall–Kier alpha value is -3.57. The van der Waals surface area contributed by atoms with Crippen molar-refractivity contribution in [1.29, 1.82) is 0 Å². The summed E-state index contributed by atoms with van der Waals surface area (Å²) < 4.78 is 20.1. The second kappa shape index (κ2) is 15.8. The molecule has 6 rings (SSSR count). The third kappa shape index (κ3) is 8.31. The number of likely N-dealkylation sites (N-methyl/N-ethyl adjacent to an activating group) is 1. The lowest BCUT2D eigenvalue weighted by Gasteiger charge is -2.43. The van der Waals surface area contributed by atoms with Gasteiger partial charge in [-0.1, -0.05) is 13.8 Å². The van der Waals surface area contributed by atoms with E-state index in [0.717, 1.165) is 61.6 Å². The van der Waals surface area contributed by atoms with E-state index in [1.54, 1.807) is 26.6 Å². The van der Waals surface area contributed by atoms with Crippen LogP contribution in [0.3, 0.4) is 0 Å². The summed E-state index contributed by atoms with van der Waals surface area (Å²) in [6.45, 7) is 14.5. The van der Waals surface area contributed by atoms with Crippen molar-refractivity contribution in [2.24, 2.45) is 0 Å². The number of benzene rings is 2. The molecule has 2 aromatic heterocycles. The second-order valence-electron chi connectivity index (χ2n) is 13.6. The van der Waals surface area contributed by atoms with Crippen molar-refractivity contribution in [2.45, 2.75) is 45.6 Å². The molecule has 11 nitrogen and oxygen atoms in total. The predicted molar refractivity (Wildman–Crippen MR) is 209 cm³/mol. The molecule has 0 unspecified atom stereocenters. The number of ether oxygens (including phenoxy) is 1. The SMILES string of the molecule is CCc1cnc(-c2ccc(Nc3nc(Nc4cc(CC)c(N5CCC(N6CCN(C)CC6)CC5)cc4OC)ncc3Br)c(P(C)(C)=O)c2)nc1. The van der Waals surface area contributed by atoms with Gasteiger partial charge in [0.05, 0.1) is 23.0 Å². The molecule has 0 bridgehead atoms. The molecule has 0 spiro atoms. The number of nitrogens with zero attached hydrogens (tertiary/aromatic N) is 7. The standard InChI is InChI=1S/C37H49BrN9O2P/c1-7-25-22-39-35(40-23-25)27-9-10-30(34(20-27)50(5,6)48)42-36-29(38)24-41-37(44-36)43-31-19-26(8-2)32(21-33(31)49-4)47-13-11-28(12-14-47)46-17-15-45(3)16-18-46/h9-10,19-24,28H,7-8,11-18H2,1-6H3,(H2,41,42,43,44). The summed E-state index contributed by atoms with van der Waals surface area (Å²) in [6, 6.07) is 10.7. The summed E-state index contributed by atoms with van der Waals surface area (Å²) in [4.78, 5) is 26.1. The van der Waals surface area contributed by atoms with E-state index < -0.39 is 7.14 Å². The molecule has 2 aromatic carbocycles. The Bertz CT molecular complexity index is 1840. The van der Waals surface area contributed by atoms with Crippen LogP contribution in [-0.4, -0.2) is 103 Å². The topological polar surface area (TPSA) is 112 Å². The minimum Gasteiger partial charge on any atom is -0.494 e. The van der Waals surface area contributed by atoms with Gasteiger partial charge in [-0.05, 0) is 97.4 Å². The van der Waals surface area contributed by atoms with Crippen LogP contribution in [-0.2, 0) is 17.4 Å². The maximum atomic E-state index is 13.5. The van der Waals surface area contributed by atoms with E-state index >= 15 is 0 Å². The number of piperazine rings is 1. The molecule has 2 N–H and O–H groups in total. The molecule has 4 aromatic rings. The summed E-state index contributed by atoms with van der Waals surface area (Å²) in [5.41, 5.74) is 5.86. The number of hydrogen-bond donors (Lipinski definition) is 2. The van der Waals surface area contributed by atoms with Crippen LogP contribution in [0.25, 0.3) is 11.4 Å². The number of aromatic nitrogens is 4. The van der Waals surface area contributed by atoms with Crippen LogP contribution in [0.2, 0.25) is 0 Å². The molecule has 0 saturated carbocycles. The van der Waals surface area contributed by atoms with E-state index in [1.807, 2.05) is 30.6 Å². The van der Waals surface area contributed by atoms with E-state index in [9.17, 15) is 4.57 Å². The van der Waals surface area contributed by atoms with Crippen LogP contribution in [0.4, 0.5) is 28.8 Å². The van der Waals surface area contributed by atoms with Gasteiger partial charge < -0.3 is 29.7 Å². The highest BCUT2D eigenvalue weighted by atomic mass is 79.9. The maximum absolute atomic E-state index is 13.5. The third-order valence-electron chi connectivity index (χ3n) is 9.83. The van der Waals surface area contributed by atoms with Gasteiger partial charge in [-0.25, -0.2) is 15.0 Å². The van der Waals surface area contributed by atoms with Gasteiger partial charge in [0, 0.05) is 86.5 Å². The van der Waals surface area contributed by atoms with Gasteiger partial charge >= 0.3 is 0 Å². The smallest absolute Gasteiger partial charge is 0.229 e. The molecule has 0 radical (unpaired) electrons. The predicted octanol–water partition coefficient (Wildman–Crippen LogP) is 6.78. The Labute approximate surface area is 304 Å². The van der Waals surface area contributed by atoms with Crippen molar-refractivity contribution in [1.82, 2.24) is 29.7 Å². The zero-order chi connectivity index (χ0) is 35.4. The van der Waals surface area contributed by atoms with E-state index in [2.05, 4.69) is 89.2 Å². The number of anilines is 5. The largest absolute Gasteiger partial charge is 0.494 e. The van der Waals surface area contributed by atoms with Gasteiger partial charge in [0.15, 0.2) is 5.82 Å². The Balaban J connectivity index is 1.21. The first-order chi connectivity index (χ1) is 24.1. The second-order valence-corrected chi connectivity index (χ2v) is 17.6. The lowest BCUT2D eigenvalue weighted by Crippen LogP contribution is -2.52. The average molecular weight is 763 g/mol. The minimum atomic E-state index is -2.70. The van der Waals surface area contributed by atoms with Crippen LogP contribution >= 0.6 is 23.1 Å². The molecule has 2 aliphatic heterocycles. The number of methoxy groups -OCH3 is 1. The van der Waals surface area contributed by atoms with E-state index in [1.165, 1.54) is 37.2 Å². The summed E-state index contributed by atoms with van der Waals surface area (Å²) in [6.07, 6.45) is 9.48. The minimum absolute atomic E-state index is 0.413. The number of rotatable bonds is 11. The maximum Gasteiger partial charge on any atom is 0.229 e. The summed E-state index contributed by atoms with van der Waals surface area (Å²) in [7, 11) is 1.21. The normalized spacial score (nSPS) is 16.4. The Morgan fingerprint density at radius 1 is 0.900 bits per heavy atom. The molecule has 4 heterocycles.